The lowest BCUT2D eigenvalue weighted by atomic mass is 10.1. The van der Waals surface area contributed by atoms with Crippen LogP contribution >= 0.6 is 0 Å². The molecule has 0 bridgehead atoms. The van der Waals surface area contributed by atoms with Gasteiger partial charge in [0.05, 0.1) is 7.11 Å². The smallest absolute Gasteiger partial charge is 0.325 e. The number of nitrogens with one attached hydrogen (secondary N) is 2. The molecule has 0 unspecified atom stereocenters. The van der Waals surface area contributed by atoms with E-state index >= 15 is 0 Å². The molecule has 0 fully saturated rings. The SMILES string of the molecule is COC(=O)CNC(=O)c1ccc(NC(=O)c2ccccc2)cc1. The normalized spacial score (nSPS) is 9.78. The maximum atomic E-state index is 12.0. The van der Waals surface area contributed by atoms with Crippen LogP contribution in [0.1, 0.15) is 20.7 Å². The van der Waals surface area contributed by atoms with Crippen molar-refractivity contribution in [1.82, 2.24) is 5.32 Å². The van der Waals surface area contributed by atoms with Crippen molar-refractivity contribution in [1.29, 1.82) is 0 Å². The Balaban J connectivity index is 1.95. The molecule has 6 heteroatoms. The molecule has 2 rings (SSSR count). The molecule has 0 spiro atoms. The molecule has 23 heavy (non-hydrogen) atoms. The predicted octanol–water partition coefficient (Wildman–Crippen LogP) is 1.84. The van der Waals surface area contributed by atoms with Crippen molar-refractivity contribution in [2.45, 2.75) is 0 Å². The lowest BCUT2D eigenvalue weighted by Gasteiger charge is -2.07. The van der Waals surface area contributed by atoms with E-state index in [1.54, 1.807) is 48.5 Å². The average Bonchev–Trinajstić information content (AvgIpc) is 2.60. The molecule has 118 valence electrons. The topological polar surface area (TPSA) is 84.5 Å². The predicted molar refractivity (Wildman–Crippen MR) is 85.2 cm³/mol. The van der Waals surface area contributed by atoms with Crippen molar-refractivity contribution in [2.24, 2.45) is 0 Å². The Morgan fingerprint density at radius 2 is 1.48 bits per heavy atom. The number of methoxy groups -OCH3 is 1. The minimum atomic E-state index is -0.523. The highest BCUT2D eigenvalue weighted by Crippen LogP contribution is 2.11. The minimum Gasteiger partial charge on any atom is -0.468 e. The van der Waals surface area contributed by atoms with E-state index in [-0.39, 0.29) is 12.5 Å². The average molecular weight is 312 g/mol. The van der Waals surface area contributed by atoms with Gasteiger partial charge in [0.15, 0.2) is 0 Å². The molecule has 0 aliphatic heterocycles. The summed E-state index contributed by atoms with van der Waals surface area (Å²) in [5, 5.41) is 5.17. The van der Waals surface area contributed by atoms with Crippen LogP contribution in [0.25, 0.3) is 0 Å². The van der Waals surface area contributed by atoms with E-state index < -0.39 is 11.9 Å². The molecule has 0 aliphatic carbocycles. The summed E-state index contributed by atoms with van der Waals surface area (Å²) in [6, 6.07) is 15.2. The van der Waals surface area contributed by atoms with Crippen LogP contribution in [-0.2, 0) is 9.53 Å². The molecular formula is C17H16N2O4. The van der Waals surface area contributed by atoms with Gasteiger partial charge >= 0.3 is 5.97 Å². The van der Waals surface area contributed by atoms with E-state index in [1.165, 1.54) is 7.11 Å². The molecule has 0 saturated heterocycles. The first-order chi connectivity index (χ1) is 11.1. The summed E-state index contributed by atoms with van der Waals surface area (Å²) in [5.41, 5.74) is 1.50. The Morgan fingerprint density at radius 1 is 0.870 bits per heavy atom. The summed E-state index contributed by atoms with van der Waals surface area (Å²) in [7, 11) is 1.25. The zero-order valence-corrected chi connectivity index (χ0v) is 12.5. The van der Waals surface area contributed by atoms with Crippen molar-refractivity contribution >= 4 is 23.5 Å². The third kappa shape index (κ3) is 4.67. The number of benzene rings is 2. The van der Waals surface area contributed by atoms with E-state index in [0.717, 1.165) is 0 Å². The van der Waals surface area contributed by atoms with Crippen molar-refractivity contribution in [3.8, 4) is 0 Å². The summed E-state index contributed by atoms with van der Waals surface area (Å²) in [6.45, 7) is -0.193. The molecule has 0 heterocycles. The van der Waals surface area contributed by atoms with Gasteiger partial charge in [-0.05, 0) is 36.4 Å². The highest BCUT2D eigenvalue weighted by atomic mass is 16.5. The maximum Gasteiger partial charge on any atom is 0.325 e. The number of hydrogen-bond acceptors (Lipinski definition) is 4. The van der Waals surface area contributed by atoms with Crippen LogP contribution in [0.5, 0.6) is 0 Å². The Hall–Kier alpha value is -3.15. The Labute approximate surface area is 133 Å². The van der Waals surface area contributed by atoms with Gasteiger partial charge in [-0.1, -0.05) is 18.2 Å². The second-order valence-corrected chi connectivity index (χ2v) is 4.66. The summed E-state index contributed by atoms with van der Waals surface area (Å²) in [6.07, 6.45) is 0. The Bertz CT molecular complexity index is 696. The number of anilines is 1. The van der Waals surface area contributed by atoms with Crippen LogP contribution in [-0.4, -0.2) is 31.4 Å². The first-order valence-electron chi connectivity index (χ1n) is 6.91. The van der Waals surface area contributed by atoms with Gasteiger partial charge in [-0.25, -0.2) is 0 Å². The third-order valence-electron chi connectivity index (χ3n) is 3.06. The van der Waals surface area contributed by atoms with Crippen LogP contribution in [0.15, 0.2) is 54.6 Å². The highest BCUT2D eigenvalue weighted by molar-refractivity contribution is 6.04. The van der Waals surface area contributed by atoms with E-state index in [0.29, 0.717) is 16.8 Å². The van der Waals surface area contributed by atoms with E-state index in [1.807, 2.05) is 6.07 Å². The molecule has 0 saturated carbocycles. The number of ether oxygens (including phenoxy) is 1. The first kappa shape index (κ1) is 16.2. The molecule has 0 aliphatic rings. The van der Waals surface area contributed by atoms with Gasteiger partial charge in [-0.15, -0.1) is 0 Å². The van der Waals surface area contributed by atoms with Gasteiger partial charge in [0.2, 0.25) is 0 Å². The number of hydrogen-bond donors (Lipinski definition) is 2. The summed E-state index contributed by atoms with van der Waals surface area (Å²) in [5.74, 6) is -1.14. The lowest BCUT2D eigenvalue weighted by Crippen LogP contribution is -2.30. The Kier molecular flexibility index (Phi) is 5.46. The molecule has 0 aromatic heterocycles. The summed E-state index contributed by atoms with van der Waals surface area (Å²) < 4.78 is 4.44. The number of rotatable bonds is 5. The van der Waals surface area contributed by atoms with Gasteiger partial charge in [0.1, 0.15) is 6.54 Å². The summed E-state index contributed by atoms with van der Waals surface area (Å²) in [4.78, 5) is 34.8. The molecule has 2 aromatic carbocycles. The number of amides is 2. The maximum absolute atomic E-state index is 12.0. The van der Waals surface area contributed by atoms with Gasteiger partial charge in [-0.3, -0.25) is 14.4 Å². The van der Waals surface area contributed by atoms with Crippen molar-refractivity contribution in [2.75, 3.05) is 19.0 Å². The lowest BCUT2D eigenvalue weighted by molar-refractivity contribution is -0.139. The molecule has 2 amide bonds. The van der Waals surface area contributed by atoms with Crippen molar-refractivity contribution in [3.05, 3.63) is 65.7 Å². The Morgan fingerprint density at radius 3 is 2.09 bits per heavy atom. The van der Waals surface area contributed by atoms with Crippen LogP contribution in [0.3, 0.4) is 0 Å². The van der Waals surface area contributed by atoms with Crippen LogP contribution in [0.2, 0.25) is 0 Å². The fraction of sp³-hybridized carbons (Fsp3) is 0.118. The van der Waals surface area contributed by atoms with Gasteiger partial charge in [-0.2, -0.15) is 0 Å². The van der Waals surface area contributed by atoms with Gasteiger partial charge in [0.25, 0.3) is 11.8 Å². The van der Waals surface area contributed by atoms with E-state index in [2.05, 4.69) is 15.4 Å². The van der Waals surface area contributed by atoms with Gasteiger partial charge in [0, 0.05) is 16.8 Å². The fourth-order valence-electron chi connectivity index (χ4n) is 1.82. The second kappa shape index (κ2) is 7.74. The molecular weight excluding hydrogens is 296 g/mol. The van der Waals surface area contributed by atoms with E-state index in [9.17, 15) is 14.4 Å². The number of esters is 1. The van der Waals surface area contributed by atoms with Crippen LogP contribution in [0.4, 0.5) is 5.69 Å². The van der Waals surface area contributed by atoms with Gasteiger partial charge < -0.3 is 15.4 Å². The monoisotopic (exact) mass is 312 g/mol. The first-order valence-corrected chi connectivity index (χ1v) is 6.91. The summed E-state index contributed by atoms with van der Waals surface area (Å²) >= 11 is 0. The molecule has 2 aromatic rings. The van der Waals surface area contributed by atoms with Crippen molar-refractivity contribution < 1.29 is 19.1 Å². The standard InChI is InChI=1S/C17H16N2O4/c1-23-15(20)11-18-16(21)13-7-9-14(10-8-13)19-17(22)12-5-3-2-4-6-12/h2-10H,11H2,1H3,(H,18,21)(H,19,22). The second-order valence-electron chi connectivity index (χ2n) is 4.66. The zero-order chi connectivity index (χ0) is 16.7. The third-order valence-corrected chi connectivity index (χ3v) is 3.06. The number of carbonyl (C=O) groups is 3. The molecule has 6 nitrogen and oxygen atoms in total. The zero-order valence-electron chi connectivity index (χ0n) is 12.5. The van der Waals surface area contributed by atoms with Crippen molar-refractivity contribution in [3.63, 3.8) is 0 Å². The largest absolute Gasteiger partial charge is 0.468 e. The highest BCUT2D eigenvalue weighted by Gasteiger charge is 2.09. The number of carbonyl (C=O) groups excluding carboxylic acids is 3. The van der Waals surface area contributed by atoms with Crippen LogP contribution in [0, 0.1) is 0 Å². The van der Waals surface area contributed by atoms with E-state index in [4.69, 9.17) is 0 Å². The molecule has 0 atom stereocenters. The minimum absolute atomic E-state index is 0.193. The molecule has 0 radical (unpaired) electrons. The fourth-order valence-corrected chi connectivity index (χ4v) is 1.82. The molecule has 2 N–H and O–H groups in total. The quantitative estimate of drug-likeness (QED) is 0.825. The van der Waals surface area contributed by atoms with Crippen LogP contribution < -0.4 is 10.6 Å².